The molecule has 1 unspecified atom stereocenters. The van der Waals surface area contributed by atoms with Crippen molar-refractivity contribution < 1.29 is 14.5 Å². The second-order valence-electron chi connectivity index (χ2n) is 7.27. The summed E-state index contributed by atoms with van der Waals surface area (Å²) in [5.41, 5.74) is 5.65. The van der Waals surface area contributed by atoms with Gasteiger partial charge in [-0.1, -0.05) is 0 Å². The van der Waals surface area contributed by atoms with Gasteiger partial charge in [0.25, 0.3) is 5.69 Å². The van der Waals surface area contributed by atoms with E-state index < -0.39 is 10.5 Å². The van der Waals surface area contributed by atoms with Crippen LogP contribution in [0.5, 0.6) is 0 Å². The van der Waals surface area contributed by atoms with Crippen molar-refractivity contribution in [3.8, 4) is 6.07 Å². The van der Waals surface area contributed by atoms with Crippen molar-refractivity contribution in [1.82, 2.24) is 4.90 Å². The van der Waals surface area contributed by atoms with Crippen LogP contribution in [0, 0.1) is 21.4 Å². The van der Waals surface area contributed by atoms with Gasteiger partial charge in [0, 0.05) is 31.7 Å². The predicted molar refractivity (Wildman–Crippen MR) is 96.8 cm³/mol. The third-order valence-electron chi connectivity index (χ3n) is 4.05. The highest BCUT2D eigenvalue weighted by molar-refractivity contribution is 5.74. The van der Waals surface area contributed by atoms with E-state index in [9.17, 15) is 20.2 Å². The Balaban J connectivity index is 2.22. The van der Waals surface area contributed by atoms with Crippen molar-refractivity contribution in [2.45, 2.75) is 39.3 Å². The van der Waals surface area contributed by atoms with Crippen molar-refractivity contribution in [1.29, 1.82) is 5.26 Å². The average Bonchev–Trinajstić information content (AvgIpc) is 2.52. The summed E-state index contributed by atoms with van der Waals surface area (Å²) in [5.74, 6) is 0. The summed E-state index contributed by atoms with van der Waals surface area (Å²) in [7, 11) is 0. The molecule has 9 nitrogen and oxygen atoms in total. The lowest BCUT2D eigenvalue weighted by Crippen LogP contribution is -2.54. The van der Waals surface area contributed by atoms with Crippen molar-refractivity contribution in [3.05, 3.63) is 27.8 Å². The van der Waals surface area contributed by atoms with Crippen LogP contribution in [0.15, 0.2) is 12.1 Å². The minimum absolute atomic E-state index is 0.00534. The molecule has 0 saturated carbocycles. The van der Waals surface area contributed by atoms with Crippen LogP contribution in [0.1, 0.15) is 33.3 Å². The van der Waals surface area contributed by atoms with Crippen LogP contribution in [-0.4, -0.2) is 47.2 Å². The number of nitro groups is 1. The van der Waals surface area contributed by atoms with Crippen LogP contribution >= 0.6 is 0 Å². The number of hydrogen-bond acceptors (Lipinski definition) is 7. The zero-order valence-corrected chi connectivity index (χ0v) is 15.4. The number of benzene rings is 1. The van der Waals surface area contributed by atoms with Gasteiger partial charge in [-0.25, -0.2) is 4.79 Å². The number of nitrogens with zero attached hydrogens (tertiary/aromatic N) is 4. The molecule has 2 N–H and O–H groups in total. The molecule has 1 saturated heterocycles. The van der Waals surface area contributed by atoms with Crippen LogP contribution in [0.3, 0.4) is 0 Å². The minimum Gasteiger partial charge on any atom is -0.444 e. The Morgan fingerprint density at radius 3 is 2.58 bits per heavy atom. The molecule has 0 radical (unpaired) electrons. The quantitative estimate of drug-likeness (QED) is 0.487. The molecule has 0 spiro atoms. The molecule has 1 aliphatic rings. The second-order valence-corrected chi connectivity index (χ2v) is 7.27. The molecule has 1 aromatic carbocycles. The summed E-state index contributed by atoms with van der Waals surface area (Å²) in [6.45, 7) is 8.63. The Labute approximate surface area is 152 Å². The number of carbonyl (C=O) groups excluding carboxylic acids is 1. The largest absolute Gasteiger partial charge is 0.444 e. The molecule has 1 atom stereocenters. The Morgan fingerprint density at radius 1 is 1.42 bits per heavy atom. The van der Waals surface area contributed by atoms with E-state index in [0.29, 0.717) is 25.3 Å². The number of ether oxygens (including phenoxy) is 1. The zero-order chi connectivity index (χ0) is 19.6. The van der Waals surface area contributed by atoms with Crippen molar-refractivity contribution in [2.75, 3.05) is 30.3 Å². The maximum Gasteiger partial charge on any atom is 0.410 e. The lowest BCUT2D eigenvalue weighted by atomic mass is 10.1. The number of carbonyl (C=O) groups is 1. The van der Waals surface area contributed by atoms with Crippen molar-refractivity contribution in [3.63, 3.8) is 0 Å². The van der Waals surface area contributed by atoms with Gasteiger partial charge in [-0.05, 0) is 33.8 Å². The Hall–Kier alpha value is -3.02. The highest BCUT2D eigenvalue weighted by atomic mass is 16.6. The summed E-state index contributed by atoms with van der Waals surface area (Å²) in [6.07, 6.45) is -0.382. The van der Waals surface area contributed by atoms with Gasteiger partial charge in [-0.3, -0.25) is 10.1 Å². The first-order chi connectivity index (χ1) is 12.0. The number of rotatable bonds is 2. The molecule has 1 aromatic rings. The lowest BCUT2D eigenvalue weighted by Gasteiger charge is -2.41. The minimum atomic E-state index is -0.607. The molecule has 0 bridgehead atoms. The molecule has 1 aliphatic heterocycles. The van der Waals surface area contributed by atoms with Crippen LogP contribution in [0.25, 0.3) is 0 Å². The molecule has 0 aromatic heterocycles. The summed E-state index contributed by atoms with van der Waals surface area (Å²) >= 11 is 0. The standard InChI is InChI=1S/C17H23N5O4/c1-11-10-20(16(23)26-17(2,3)4)5-6-21(11)14-8-13(19)15(22(24)25)7-12(14)9-18/h7-8,11H,5-6,10,19H2,1-4H3. The lowest BCUT2D eigenvalue weighted by molar-refractivity contribution is -0.383. The van der Waals surface area contributed by atoms with Gasteiger partial charge in [-0.2, -0.15) is 5.26 Å². The van der Waals surface area contributed by atoms with E-state index in [1.165, 1.54) is 12.1 Å². The molecule has 2 rings (SSSR count). The van der Waals surface area contributed by atoms with Crippen LogP contribution < -0.4 is 10.6 Å². The van der Waals surface area contributed by atoms with E-state index in [1.54, 1.807) is 4.90 Å². The van der Waals surface area contributed by atoms with E-state index in [2.05, 4.69) is 0 Å². The van der Waals surface area contributed by atoms with Crippen molar-refractivity contribution in [2.24, 2.45) is 0 Å². The Morgan fingerprint density at radius 2 is 2.08 bits per heavy atom. The molecule has 26 heavy (non-hydrogen) atoms. The smallest absolute Gasteiger partial charge is 0.410 e. The molecule has 9 heteroatoms. The van der Waals surface area contributed by atoms with Crippen LogP contribution in [-0.2, 0) is 4.74 Å². The number of nitro benzene ring substituents is 1. The molecular weight excluding hydrogens is 338 g/mol. The van der Waals surface area contributed by atoms with E-state index >= 15 is 0 Å². The molecule has 1 heterocycles. The van der Waals surface area contributed by atoms with Gasteiger partial charge in [-0.15, -0.1) is 0 Å². The fraction of sp³-hybridized carbons (Fsp3) is 0.529. The second kappa shape index (κ2) is 7.07. The van der Waals surface area contributed by atoms with Crippen LogP contribution in [0.2, 0.25) is 0 Å². The first kappa shape index (κ1) is 19.3. The number of amides is 1. The van der Waals surface area contributed by atoms with Crippen molar-refractivity contribution >= 4 is 23.2 Å². The molecular formula is C17H23N5O4. The summed E-state index contributed by atoms with van der Waals surface area (Å²) in [6, 6.07) is 4.53. The molecule has 1 amide bonds. The van der Waals surface area contributed by atoms with Crippen LogP contribution in [0.4, 0.5) is 21.9 Å². The monoisotopic (exact) mass is 361 g/mol. The third kappa shape index (κ3) is 4.14. The molecule has 1 fully saturated rings. The summed E-state index contributed by atoms with van der Waals surface area (Å²) < 4.78 is 5.39. The van der Waals surface area contributed by atoms with Gasteiger partial charge in [0.1, 0.15) is 17.4 Å². The molecule has 0 aliphatic carbocycles. The van der Waals surface area contributed by atoms with Gasteiger partial charge in [0.05, 0.1) is 16.2 Å². The summed E-state index contributed by atoms with van der Waals surface area (Å²) in [5, 5.41) is 20.4. The van der Waals surface area contributed by atoms with Gasteiger partial charge in [0.15, 0.2) is 0 Å². The fourth-order valence-corrected chi connectivity index (χ4v) is 2.89. The zero-order valence-electron chi connectivity index (χ0n) is 15.4. The maximum absolute atomic E-state index is 12.2. The highest BCUT2D eigenvalue weighted by Gasteiger charge is 2.31. The van der Waals surface area contributed by atoms with Gasteiger partial charge >= 0.3 is 6.09 Å². The first-order valence-electron chi connectivity index (χ1n) is 8.26. The first-order valence-corrected chi connectivity index (χ1v) is 8.26. The van der Waals surface area contributed by atoms with E-state index in [0.717, 1.165) is 0 Å². The normalized spacial score (nSPS) is 17.6. The third-order valence-corrected chi connectivity index (χ3v) is 4.05. The number of nitrogen functional groups attached to an aromatic ring is 1. The van der Waals surface area contributed by atoms with Gasteiger partial charge in [0.2, 0.25) is 0 Å². The van der Waals surface area contributed by atoms with E-state index in [4.69, 9.17) is 10.5 Å². The fourth-order valence-electron chi connectivity index (χ4n) is 2.89. The number of nitriles is 1. The van der Waals surface area contributed by atoms with E-state index in [1.807, 2.05) is 38.7 Å². The highest BCUT2D eigenvalue weighted by Crippen LogP contribution is 2.33. The topological polar surface area (TPSA) is 126 Å². The SMILES string of the molecule is CC1CN(C(=O)OC(C)(C)C)CCN1c1cc(N)c([N+](=O)[O-])cc1C#N. The maximum atomic E-state index is 12.2. The number of piperazine rings is 1. The number of anilines is 2. The Bertz CT molecular complexity index is 766. The number of nitrogens with two attached hydrogens (primary N) is 1. The average molecular weight is 361 g/mol. The van der Waals surface area contributed by atoms with Gasteiger partial charge < -0.3 is 20.3 Å². The predicted octanol–water partition coefficient (Wildman–Crippen LogP) is 2.49. The molecule has 140 valence electrons. The summed E-state index contributed by atoms with van der Waals surface area (Å²) in [4.78, 5) is 26.2. The number of hydrogen-bond donors (Lipinski definition) is 1. The Kier molecular flexibility index (Phi) is 5.25. The van der Waals surface area contributed by atoms with E-state index in [-0.39, 0.29) is 29.1 Å².